The lowest BCUT2D eigenvalue weighted by molar-refractivity contribution is -0.132. The van der Waals surface area contributed by atoms with Crippen LogP contribution < -0.4 is 0 Å². The molecule has 3 aromatic rings. The summed E-state index contributed by atoms with van der Waals surface area (Å²) in [5, 5.41) is 8.28. The number of sulfonamides is 1. The van der Waals surface area contributed by atoms with Crippen molar-refractivity contribution in [2.45, 2.75) is 31.6 Å². The van der Waals surface area contributed by atoms with Gasteiger partial charge in [-0.1, -0.05) is 21.9 Å². The van der Waals surface area contributed by atoms with Gasteiger partial charge in [-0.3, -0.25) is 4.79 Å². The highest BCUT2D eigenvalue weighted by Gasteiger charge is 2.34. The number of piperazine rings is 1. The first-order valence-corrected chi connectivity index (χ1v) is 11.9. The highest BCUT2D eigenvalue weighted by molar-refractivity contribution is 7.89. The van der Waals surface area contributed by atoms with Gasteiger partial charge in [-0.15, -0.1) is 0 Å². The number of carbonyl (C=O) groups excluding carboxylic acids is 1. The Hall–Kier alpha value is -2.76. The normalized spacial score (nSPS) is 15.3. The topological polar surface area (TPSA) is 123 Å². The molecule has 0 atom stereocenters. The molecule has 1 aromatic carbocycles. The van der Waals surface area contributed by atoms with Gasteiger partial charge in [0.15, 0.2) is 5.76 Å². The zero-order valence-electron chi connectivity index (χ0n) is 17.6. The maximum atomic E-state index is 12.9. The lowest BCUT2D eigenvalue weighted by Gasteiger charge is -2.33. The number of benzene rings is 1. The SMILES string of the molecule is Cc1noc(C)c1S(=O)(=O)N1CCN(C(=O)CCc2nc(-c3ccc(Cl)cc3)no2)CC1. The second kappa shape index (κ2) is 9.00. The average molecular weight is 480 g/mol. The molecule has 1 amide bonds. The number of hydrogen-bond acceptors (Lipinski definition) is 8. The third-order valence-electron chi connectivity index (χ3n) is 5.28. The average Bonchev–Trinajstić information content (AvgIpc) is 3.39. The summed E-state index contributed by atoms with van der Waals surface area (Å²) in [4.78, 5) is 18.7. The van der Waals surface area contributed by atoms with Gasteiger partial charge < -0.3 is 13.9 Å². The van der Waals surface area contributed by atoms with E-state index < -0.39 is 10.0 Å². The Kier molecular flexibility index (Phi) is 6.31. The van der Waals surface area contributed by atoms with Crippen molar-refractivity contribution >= 4 is 27.5 Å². The lowest BCUT2D eigenvalue weighted by Crippen LogP contribution is -2.50. The van der Waals surface area contributed by atoms with E-state index in [1.165, 1.54) is 4.31 Å². The standard InChI is InChI=1S/C20H22ClN5O5S/c1-13-19(14(2)30-23-13)32(28,29)26-11-9-25(10-12-26)18(27)8-7-17-22-20(24-31-17)15-3-5-16(21)6-4-15/h3-6H,7-12H2,1-2H3. The van der Waals surface area contributed by atoms with Crippen molar-refractivity contribution in [3.05, 3.63) is 46.6 Å². The smallest absolute Gasteiger partial charge is 0.248 e. The molecule has 1 saturated heterocycles. The number of amides is 1. The third-order valence-corrected chi connectivity index (χ3v) is 7.68. The molecular weight excluding hydrogens is 458 g/mol. The molecule has 0 unspecified atom stereocenters. The van der Waals surface area contributed by atoms with Crippen molar-refractivity contribution in [1.29, 1.82) is 0 Å². The fourth-order valence-corrected chi connectivity index (χ4v) is 5.43. The van der Waals surface area contributed by atoms with E-state index in [9.17, 15) is 13.2 Å². The summed E-state index contributed by atoms with van der Waals surface area (Å²) < 4.78 is 37.4. The van der Waals surface area contributed by atoms with E-state index >= 15 is 0 Å². The van der Waals surface area contributed by atoms with E-state index in [4.69, 9.17) is 20.6 Å². The van der Waals surface area contributed by atoms with Crippen LogP contribution in [-0.2, 0) is 21.2 Å². The Labute approximate surface area is 190 Å². The molecule has 0 radical (unpaired) electrons. The minimum atomic E-state index is -3.71. The fourth-order valence-electron chi connectivity index (χ4n) is 3.59. The summed E-state index contributed by atoms with van der Waals surface area (Å²) >= 11 is 5.89. The van der Waals surface area contributed by atoms with Crippen molar-refractivity contribution < 1.29 is 22.3 Å². The lowest BCUT2D eigenvalue weighted by atomic mass is 10.2. The first kappa shape index (κ1) is 22.4. The number of rotatable bonds is 6. The van der Waals surface area contributed by atoms with Crippen LogP contribution in [0.3, 0.4) is 0 Å². The highest BCUT2D eigenvalue weighted by Crippen LogP contribution is 2.24. The van der Waals surface area contributed by atoms with E-state index in [1.807, 2.05) is 0 Å². The van der Waals surface area contributed by atoms with Crippen LogP contribution in [0.15, 0.2) is 38.2 Å². The van der Waals surface area contributed by atoms with Crippen LogP contribution in [0.4, 0.5) is 0 Å². The second-order valence-electron chi connectivity index (χ2n) is 7.46. The molecule has 32 heavy (non-hydrogen) atoms. The molecule has 0 N–H and O–H groups in total. The van der Waals surface area contributed by atoms with Crippen LogP contribution in [0.2, 0.25) is 5.02 Å². The maximum absolute atomic E-state index is 12.9. The van der Waals surface area contributed by atoms with Crippen molar-refractivity contribution in [2.24, 2.45) is 0 Å². The number of carbonyl (C=O) groups is 1. The summed E-state index contributed by atoms with van der Waals surface area (Å²) in [5.41, 5.74) is 1.10. The molecular formula is C20H22ClN5O5S. The first-order chi connectivity index (χ1) is 15.3. The minimum absolute atomic E-state index is 0.0920. The molecule has 10 nitrogen and oxygen atoms in total. The van der Waals surface area contributed by atoms with Crippen molar-refractivity contribution in [1.82, 2.24) is 24.5 Å². The molecule has 1 aliphatic rings. The molecule has 1 fully saturated rings. The molecule has 4 rings (SSSR count). The molecule has 1 aliphatic heterocycles. The molecule has 0 saturated carbocycles. The van der Waals surface area contributed by atoms with Crippen LogP contribution >= 0.6 is 11.6 Å². The number of nitrogens with zero attached hydrogens (tertiary/aromatic N) is 5. The van der Waals surface area contributed by atoms with Crippen molar-refractivity contribution in [2.75, 3.05) is 26.2 Å². The highest BCUT2D eigenvalue weighted by atomic mass is 35.5. The third kappa shape index (κ3) is 4.54. The van der Waals surface area contributed by atoms with Crippen molar-refractivity contribution in [3.8, 4) is 11.4 Å². The van der Waals surface area contributed by atoms with E-state index in [1.54, 1.807) is 43.0 Å². The Balaban J connectivity index is 1.31. The number of aromatic nitrogens is 3. The predicted octanol–water partition coefficient (Wildman–Crippen LogP) is 2.46. The van der Waals surface area contributed by atoms with Gasteiger partial charge >= 0.3 is 0 Å². The number of halogens is 1. The van der Waals surface area contributed by atoms with E-state index in [0.717, 1.165) is 5.56 Å². The Bertz CT molecular complexity index is 1190. The molecule has 0 aliphatic carbocycles. The van der Waals surface area contributed by atoms with Crippen LogP contribution in [-0.4, -0.2) is 65.0 Å². The molecule has 2 aromatic heterocycles. The van der Waals surface area contributed by atoms with E-state index in [0.29, 0.717) is 41.9 Å². The van der Waals surface area contributed by atoms with Crippen LogP contribution in [0, 0.1) is 13.8 Å². The van der Waals surface area contributed by atoms with Gasteiger partial charge in [0.05, 0.1) is 0 Å². The van der Waals surface area contributed by atoms with E-state index in [-0.39, 0.29) is 36.1 Å². The van der Waals surface area contributed by atoms with Crippen LogP contribution in [0.5, 0.6) is 0 Å². The molecule has 0 spiro atoms. The monoisotopic (exact) mass is 479 g/mol. The van der Waals surface area contributed by atoms with Gasteiger partial charge in [-0.25, -0.2) is 8.42 Å². The largest absolute Gasteiger partial charge is 0.360 e. The summed E-state index contributed by atoms with van der Waals surface area (Å²) in [6.45, 7) is 4.20. The number of hydrogen-bond donors (Lipinski definition) is 0. The van der Waals surface area contributed by atoms with Crippen LogP contribution in [0.25, 0.3) is 11.4 Å². The maximum Gasteiger partial charge on any atom is 0.248 e. The Morgan fingerprint density at radius 1 is 1.06 bits per heavy atom. The van der Waals surface area contributed by atoms with Gasteiger partial charge in [0.1, 0.15) is 10.6 Å². The van der Waals surface area contributed by atoms with Crippen molar-refractivity contribution in [3.63, 3.8) is 0 Å². The van der Waals surface area contributed by atoms with Gasteiger partial charge in [-0.05, 0) is 38.1 Å². The molecule has 3 heterocycles. The zero-order valence-corrected chi connectivity index (χ0v) is 19.2. The summed E-state index contributed by atoms with van der Waals surface area (Å²) in [7, 11) is -3.71. The fraction of sp³-hybridized carbons (Fsp3) is 0.400. The zero-order chi connectivity index (χ0) is 22.9. The predicted molar refractivity (Wildman–Crippen MR) is 114 cm³/mol. The van der Waals surface area contributed by atoms with Crippen LogP contribution in [0.1, 0.15) is 23.8 Å². The minimum Gasteiger partial charge on any atom is -0.360 e. The van der Waals surface area contributed by atoms with Gasteiger partial charge in [-0.2, -0.15) is 9.29 Å². The number of aryl methyl sites for hydroxylation is 3. The second-order valence-corrected chi connectivity index (χ2v) is 9.77. The van der Waals surface area contributed by atoms with Gasteiger partial charge in [0.25, 0.3) is 0 Å². The van der Waals surface area contributed by atoms with E-state index in [2.05, 4.69) is 15.3 Å². The Morgan fingerprint density at radius 2 is 1.75 bits per heavy atom. The van der Waals surface area contributed by atoms with Gasteiger partial charge in [0, 0.05) is 49.6 Å². The summed E-state index contributed by atoms with van der Waals surface area (Å²) in [6.07, 6.45) is 0.496. The molecule has 12 heteroatoms. The summed E-state index contributed by atoms with van der Waals surface area (Å²) in [6, 6.07) is 7.06. The summed E-state index contributed by atoms with van der Waals surface area (Å²) in [5.74, 6) is 0.967. The Morgan fingerprint density at radius 3 is 2.38 bits per heavy atom. The molecule has 170 valence electrons. The van der Waals surface area contributed by atoms with Gasteiger partial charge in [0.2, 0.25) is 27.6 Å². The molecule has 0 bridgehead atoms. The quantitative estimate of drug-likeness (QED) is 0.528. The first-order valence-electron chi connectivity index (χ1n) is 10.0.